The molecule has 0 spiro atoms. The standard InChI is InChI=1S/C16H30O8S.Na/c1-5-9-10-11-12-13(14(17)22-6-2)16(24-8-4,25(19,20)21)15(18)23-7-3;/h13H,5-12H2,1-4H3,(H,19,20,21);. The molecule has 2 unspecified atom stereocenters. The van der Waals surface area contributed by atoms with Crippen LogP contribution in [0.1, 0.15) is 59.8 Å². The van der Waals surface area contributed by atoms with Crippen molar-refractivity contribution in [3.63, 3.8) is 0 Å². The Morgan fingerprint density at radius 1 is 0.962 bits per heavy atom. The van der Waals surface area contributed by atoms with E-state index in [0.717, 1.165) is 19.3 Å². The Labute approximate surface area is 178 Å². The van der Waals surface area contributed by atoms with E-state index in [1.54, 1.807) is 6.92 Å². The van der Waals surface area contributed by atoms with Gasteiger partial charge in [0.2, 0.25) is 0 Å². The summed E-state index contributed by atoms with van der Waals surface area (Å²) in [5.41, 5.74) is 0. The Bertz CT molecular complexity index is 522. The first-order valence-corrected chi connectivity index (χ1v) is 10.1. The fourth-order valence-electron chi connectivity index (χ4n) is 2.59. The SMILES string of the molecule is CCCCCCC(C(=O)OCC)C(OCC)(C(=O)OCC)S(=O)(=O)O.[Na]. The number of rotatable bonds is 13. The van der Waals surface area contributed by atoms with Gasteiger partial charge in [0.05, 0.1) is 13.2 Å². The first-order chi connectivity index (χ1) is 11.7. The molecule has 0 fully saturated rings. The van der Waals surface area contributed by atoms with Crippen LogP contribution < -0.4 is 0 Å². The summed E-state index contributed by atoms with van der Waals surface area (Å²) in [5, 5.41) is 0. The van der Waals surface area contributed by atoms with Crippen LogP contribution in [-0.4, -0.2) is 79.2 Å². The van der Waals surface area contributed by atoms with Gasteiger partial charge in [0.15, 0.2) is 0 Å². The largest absolute Gasteiger partial charge is 0.466 e. The van der Waals surface area contributed by atoms with Crippen LogP contribution in [0.3, 0.4) is 0 Å². The van der Waals surface area contributed by atoms with Gasteiger partial charge in [-0.1, -0.05) is 32.6 Å². The number of unbranched alkanes of at least 4 members (excludes halogenated alkanes) is 3. The van der Waals surface area contributed by atoms with E-state index in [2.05, 4.69) is 0 Å². The molecule has 8 nitrogen and oxygen atoms in total. The average Bonchev–Trinajstić information content (AvgIpc) is 2.52. The van der Waals surface area contributed by atoms with E-state index in [1.807, 2.05) is 6.92 Å². The molecule has 26 heavy (non-hydrogen) atoms. The molecule has 0 aliphatic heterocycles. The first-order valence-electron chi connectivity index (χ1n) is 8.67. The first kappa shape index (κ1) is 28.0. The van der Waals surface area contributed by atoms with Crippen molar-refractivity contribution in [3.8, 4) is 0 Å². The van der Waals surface area contributed by atoms with Crippen LogP contribution in [0, 0.1) is 5.92 Å². The summed E-state index contributed by atoms with van der Waals surface area (Å²) in [4.78, 5) is 22.0. The van der Waals surface area contributed by atoms with E-state index in [4.69, 9.17) is 14.2 Å². The molecule has 10 heteroatoms. The van der Waals surface area contributed by atoms with Crippen LogP contribution in [0.15, 0.2) is 0 Å². The molecule has 149 valence electrons. The summed E-state index contributed by atoms with van der Waals surface area (Å²) < 4.78 is 49.0. The molecular weight excluding hydrogens is 375 g/mol. The molecule has 0 aliphatic rings. The molecular formula is C16H30NaO8S. The molecule has 0 bridgehead atoms. The predicted molar refractivity (Wildman–Crippen MR) is 97.2 cm³/mol. The Morgan fingerprint density at radius 3 is 1.96 bits per heavy atom. The van der Waals surface area contributed by atoms with Crippen LogP contribution in [0.5, 0.6) is 0 Å². The van der Waals surface area contributed by atoms with Gasteiger partial charge in [-0.15, -0.1) is 0 Å². The van der Waals surface area contributed by atoms with Gasteiger partial charge in [-0.25, -0.2) is 4.79 Å². The Morgan fingerprint density at radius 2 is 1.54 bits per heavy atom. The number of esters is 2. The molecule has 0 aromatic heterocycles. The summed E-state index contributed by atoms with van der Waals surface area (Å²) in [7, 11) is -5.11. The van der Waals surface area contributed by atoms with Crippen LogP contribution >= 0.6 is 0 Å². The molecule has 0 saturated carbocycles. The smallest absolute Gasteiger partial charge is 0.358 e. The fourth-order valence-corrected chi connectivity index (χ4v) is 3.70. The number of carbonyl (C=O) groups is 2. The molecule has 1 N–H and O–H groups in total. The molecule has 0 rings (SSSR count). The zero-order chi connectivity index (χ0) is 19.5. The maximum absolute atomic E-state index is 12.4. The van der Waals surface area contributed by atoms with E-state index in [1.165, 1.54) is 13.8 Å². The van der Waals surface area contributed by atoms with Crippen molar-refractivity contribution in [1.82, 2.24) is 0 Å². The summed E-state index contributed by atoms with van der Waals surface area (Å²) in [6.07, 6.45) is 3.06. The molecule has 0 amide bonds. The van der Waals surface area contributed by atoms with Gasteiger partial charge in [-0.2, -0.15) is 8.42 Å². The molecule has 2 atom stereocenters. The Hall–Kier alpha value is -0.190. The van der Waals surface area contributed by atoms with E-state index in [-0.39, 0.29) is 55.8 Å². The van der Waals surface area contributed by atoms with E-state index >= 15 is 0 Å². The van der Waals surface area contributed by atoms with Crippen molar-refractivity contribution in [2.75, 3.05) is 19.8 Å². The third kappa shape index (κ3) is 7.44. The minimum atomic E-state index is -5.11. The van der Waals surface area contributed by atoms with E-state index in [0.29, 0.717) is 6.42 Å². The van der Waals surface area contributed by atoms with Gasteiger partial charge < -0.3 is 14.2 Å². The monoisotopic (exact) mass is 405 g/mol. The molecule has 0 aromatic rings. The van der Waals surface area contributed by atoms with Crippen molar-refractivity contribution >= 4 is 51.6 Å². The van der Waals surface area contributed by atoms with Crippen molar-refractivity contribution in [2.45, 2.75) is 64.7 Å². The second-order valence-corrected chi connectivity index (χ2v) is 7.01. The second kappa shape index (κ2) is 13.9. The molecule has 0 heterocycles. The van der Waals surface area contributed by atoms with Gasteiger partial charge >= 0.3 is 27.0 Å². The summed E-state index contributed by atoms with van der Waals surface area (Å²) in [6, 6.07) is 0. The molecule has 1 radical (unpaired) electrons. The van der Waals surface area contributed by atoms with E-state index < -0.39 is 32.9 Å². The van der Waals surface area contributed by atoms with Crippen molar-refractivity contribution in [1.29, 1.82) is 0 Å². The van der Waals surface area contributed by atoms with Crippen LogP contribution in [0.25, 0.3) is 0 Å². The third-order valence-corrected chi connectivity index (χ3v) is 5.01. The summed E-state index contributed by atoms with van der Waals surface area (Å²) in [6.45, 7) is 6.16. The summed E-state index contributed by atoms with van der Waals surface area (Å²) in [5.74, 6) is -3.75. The van der Waals surface area contributed by atoms with Gasteiger partial charge in [-0.05, 0) is 27.2 Å². The maximum atomic E-state index is 12.4. The third-order valence-electron chi connectivity index (χ3n) is 3.68. The van der Waals surface area contributed by atoms with Crippen molar-refractivity contribution in [2.24, 2.45) is 5.92 Å². The molecule has 0 aliphatic carbocycles. The van der Waals surface area contributed by atoms with Crippen molar-refractivity contribution in [3.05, 3.63) is 0 Å². The second-order valence-electron chi connectivity index (χ2n) is 5.45. The van der Waals surface area contributed by atoms with Crippen LogP contribution in [0.4, 0.5) is 0 Å². The topological polar surface area (TPSA) is 116 Å². The zero-order valence-electron chi connectivity index (χ0n) is 16.4. The zero-order valence-corrected chi connectivity index (χ0v) is 19.3. The maximum Gasteiger partial charge on any atom is 0.358 e. The van der Waals surface area contributed by atoms with Gasteiger partial charge in [0.25, 0.3) is 0 Å². The number of hydrogen-bond donors (Lipinski definition) is 1. The van der Waals surface area contributed by atoms with Gasteiger partial charge in [0.1, 0.15) is 5.92 Å². The fraction of sp³-hybridized carbons (Fsp3) is 0.875. The van der Waals surface area contributed by atoms with Gasteiger partial charge in [-0.3, -0.25) is 9.35 Å². The predicted octanol–water partition coefficient (Wildman–Crippen LogP) is 1.94. The average molecular weight is 405 g/mol. The van der Waals surface area contributed by atoms with E-state index in [9.17, 15) is 22.6 Å². The summed E-state index contributed by atoms with van der Waals surface area (Å²) >= 11 is 0. The molecule has 0 aromatic carbocycles. The number of carbonyl (C=O) groups excluding carboxylic acids is 2. The van der Waals surface area contributed by atoms with Crippen molar-refractivity contribution < 1.29 is 36.8 Å². The Kier molecular flexibility index (Phi) is 15.0. The number of ether oxygens (including phenoxy) is 3. The van der Waals surface area contributed by atoms with Crippen LogP contribution in [-0.2, 0) is 33.9 Å². The normalized spacial score (nSPS) is 14.7. The van der Waals surface area contributed by atoms with Crippen LogP contribution in [0.2, 0.25) is 0 Å². The minimum absolute atomic E-state index is 0. The minimum Gasteiger partial charge on any atom is -0.466 e. The molecule has 0 saturated heterocycles. The number of hydrogen-bond acceptors (Lipinski definition) is 7. The quantitative estimate of drug-likeness (QED) is 0.214. The Balaban J connectivity index is 0. The van der Waals surface area contributed by atoms with Gasteiger partial charge in [0, 0.05) is 36.2 Å².